The topological polar surface area (TPSA) is 147 Å². The molecule has 0 unspecified atom stereocenters. The van der Waals surface area contributed by atoms with Gasteiger partial charge in [0.25, 0.3) is 17.4 Å². The summed E-state index contributed by atoms with van der Waals surface area (Å²) in [5, 5.41) is 16.8. The number of hydrogen-bond acceptors (Lipinski definition) is 7. The number of hydrogen-bond donors (Lipinski definition) is 2. The van der Waals surface area contributed by atoms with Gasteiger partial charge in [0.2, 0.25) is 0 Å². The monoisotopic (exact) mass is 699 g/mol. The minimum atomic E-state index is -0.400. The van der Waals surface area contributed by atoms with E-state index in [1.165, 1.54) is 0 Å². The minimum absolute atomic E-state index is 0.128. The molecule has 6 heterocycles. The van der Waals surface area contributed by atoms with Crippen LogP contribution in [0.5, 0.6) is 0 Å². The first-order valence-electron chi connectivity index (χ1n) is 16.0. The van der Waals surface area contributed by atoms with Crippen molar-refractivity contribution in [1.82, 2.24) is 39.7 Å². The lowest BCUT2D eigenvalue weighted by molar-refractivity contribution is 0.0925. The van der Waals surface area contributed by atoms with Crippen molar-refractivity contribution in [2.75, 3.05) is 4.90 Å². The van der Waals surface area contributed by atoms with Crippen LogP contribution in [-0.2, 0) is 0 Å². The summed E-state index contributed by atoms with van der Waals surface area (Å²) < 4.78 is 3.45. The summed E-state index contributed by atoms with van der Waals surface area (Å²) in [5.41, 5.74) is 6.02. The first-order valence-corrected chi connectivity index (χ1v) is 16.8. The molecule has 0 bridgehead atoms. The van der Waals surface area contributed by atoms with Gasteiger partial charge in [0.15, 0.2) is 11.0 Å². The standard InChI is InChI=1S/C36H23Cl2N9O3/c37-19-6-10-28(45-16-30(38)42-44-45)25(14-19)18-12-29-20-8-9-21(20)32(46(29)31(48)13-18)33-39-15-27(40-33)17-5-7-24-26(11-17)41-43-34(24)47-35(49)22-3-1-2-4-23(22)36(47)50/h1-7,10-16,20-21,32H,8-9H2,(H,39,40)(H,41,43)/t20-,21+,32+/m1/s1. The van der Waals surface area contributed by atoms with Crippen molar-refractivity contribution in [3.05, 3.63) is 128 Å². The number of amides is 2. The second kappa shape index (κ2) is 10.6. The van der Waals surface area contributed by atoms with Crippen LogP contribution in [0.1, 0.15) is 57.0 Å². The van der Waals surface area contributed by atoms with E-state index in [1.54, 1.807) is 53.5 Å². The number of aromatic amines is 2. The number of benzene rings is 3. The Kier molecular flexibility index (Phi) is 6.15. The number of nitrogens with zero attached hydrogens (tertiary/aromatic N) is 7. The zero-order valence-corrected chi connectivity index (χ0v) is 27.4. The molecule has 0 saturated heterocycles. The summed E-state index contributed by atoms with van der Waals surface area (Å²) in [4.78, 5) is 49.6. The van der Waals surface area contributed by atoms with E-state index in [9.17, 15) is 14.4 Å². The van der Waals surface area contributed by atoms with E-state index in [2.05, 4.69) is 31.6 Å². The SMILES string of the molecule is O=C1c2ccccc2C(=O)N1c1n[nH]c2cc(-c3cnc([C@@H]4[C@H]5CC[C@H]5c5cc(-c6cc(Cl)ccc6-n6cc(Cl)nn6)cc(=O)n54)[nH]3)ccc12. The van der Waals surface area contributed by atoms with Crippen molar-refractivity contribution in [3.63, 3.8) is 0 Å². The molecule has 4 aromatic heterocycles. The van der Waals surface area contributed by atoms with Crippen LogP contribution in [0, 0.1) is 5.92 Å². The largest absolute Gasteiger partial charge is 0.340 e. The van der Waals surface area contributed by atoms with E-state index in [-0.39, 0.29) is 34.4 Å². The second-order valence-corrected chi connectivity index (χ2v) is 13.6. The molecule has 2 aliphatic heterocycles. The Balaban J connectivity index is 0.988. The fraction of sp³-hybridized carbons (Fsp3) is 0.139. The number of fused-ring (bicyclic) bond motifs is 5. The molecule has 3 aliphatic rings. The predicted octanol–water partition coefficient (Wildman–Crippen LogP) is 6.57. The van der Waals surface area contributed by atoms with Crippen molar-refractivity contribution in [1.29, 1.82) is 0 Å². The number of carbonyl (C=O) groups excluding carboxylic acids is 2. The highest BCUT2D eigenvalue weighted by molar-refractivity contribution is 6.35. The highest BCUT2D eigenvalue weighted by Gasteiger charge is 2.49. The first kappa shape index (κ1) is 29.1. The number of imide groups is 1. The lowest BCUT2D eigenvalue weighted by Crippen LogP contribution is -2.29. The van der Waals surface area contributed by atoms with Gasteiger partial charge in [0.05, 0.1) is 46.5 Å². The smallest absolute Gasteiger partial charge is 0.267 e. The fourth-order valence-electron chi connectivity index (χ4n) is 7.79. The quantitative estimate of drug-likeness (QED) is 0.193. The number of aromatic nitrogens is 8. The zero-order chi connectivity index (χ0) is 33.8. The third-order valence-electron chi connectivity index (χ3n) is 10.2. The third-order valence-corrected chi connectivity index (χ3v) is 10.6. The number of rotatable bonds is 5. The Labute approximate surface area is 292 Å². The molecule has 12 nitrogen and oxygen atoms in total. The summed E-state index contributed by atoms with van der Waals surface area (Å²) in [7, 11) is 0. The van der Waals surface area contributed by atoms with Crippen molar-refractivity contribution < 1.29 is 9.59 Å². The van der Waals surface area contributed by atoms with E-state index in [0.29, 0.717) is 38.6 Å². The number of H-pyrrole nitrogens is 2. The average molecular weight is 701 g/mol. The Hall–Kier alpha value is -5.85. The summed E-state index contributed by atoms with van der Waals surface area (Å²) >= 11 is 12.5. The lowest BCUT2D eigenvalue weighted by Gasteiger charge is -2.32. The molecule has 2 amide bonds. The number of anilines is 1. The maximum Gasteiger partial charge on any atom is 0.267 e. The number of halogens is 2. The van der Waals surface area contributed by atoms with Crippen LogP contribution in [0.3, 0.4) is 0 Å². The fourth-order valence-corrected chi connectivity index (χ4v) is 8.08. The maximum absolute atomic E-state index is 14.0. The lowest BCUT2D eigenvalue weighted by atomic mass is 9.71. The Bertz CT molecular complexity index is 2620. The van der Waals surface area contributed by atoms with E-state index in [4.69, 9.17) is 28.2 Å². The molecule has 1 aliphatic carbocycles. The molecule has 1 fully saturated rings. The Morgan fingerprint density at radius 3 is 2.40 bits per heavy atom. The van der Waals surface area contributed by atoms with E-state index in [1.807, 2.05) is 34.9 Å². The molecule has 0 radical (unpaired) electrons. The molecular formula is C36H23Cl2N9O3. The van der Waals surface area contributed by atoms with Gasteiger partial charge < -0.3 is 9.55 Å². The molecule has 2 N–H and O–H groups in total. The molecule has 3 atom stereocenters. The van der Waals surface area contributed by atoms with E-state index < -0.39 is 11.8 Å². The second-order valence-electron chi connectivity index (χ2n) is 12.8. The molecule has 7 aromatic rings. The van der Waals surface area contributed by atoms with Gasteiger partial charge >= 0.3 is 0 Å². The van der Waals surface area contributed by atoms with Gasteiger partial charge in [0, 0.05) is 39.2 Å². The van der Waals surface area contributed by atoms with Gasteiger partial charge in [0.1, 0.15) is 5.82 Å². The Morgan fingerprint density at radius 2 is 1.66 bits per heavy atom. The van der Waals surface area contributed by atoms with Gasteiger partial charge in [-0.05, 0) is 72.9 Å². The molecule has 0 spiro atoms. The van der Waals surface area contributed by atoms with Gasteiger partial charge in [-0.2, -0.15) is 5.10 Å². The van der Waals surface area contributed by atoms with Crippen LogP contribution in [0.25, 0.3) is 39.0 Å². The molecule has 14 heteroatoms. The molecular weight excluding hydrogens is 677 g/mol. The first-order chi connectivity index (χ1) is 24.3. The normalized spacial score (nSPS) is 19.2. The molecule has 3 aromatic carbocycles. The highest BCUT2D eigenvalue weighted by Crippen LogP contribution is 2.55. The van der Waals surface area contributed by atoms with Gasteiger partial charge in [-0.15, -0.1) is 5.10 Å². The summed E-state index contributed by atoms with van der Waals surface area (Å²) in [5.74, 6) is 0.607. The molecule has 1 saturated carbocycles. The van der Waals surface area contributed by atoms with Crippen molar-refractivity contribution >= 4 is 51.7 Å². The summed E-state index contributed by atoms with van der Waals surface area (Å²) in [6.45, 7) is 0. The Morgan fingerprint density at radius 1 is 0.840 bits per heavy atom. The number of pyridine rings is 1. The van der Waals surface area contributed by atoms with E-state index in [0.717, 1.165) is 45.8 Å². The molecule has 10 rings (SSSR count). The average Bonchev–Trinajstić information content (AvgIpc) is 3.92. The van der Waals surface area contributed by atoms with Gasteiger partial charge in [-0.25, -0.2) is 14.6 Å². The summed E-state index contributed by atoms with van der Waals surface area (Å²) in [6.07, 6.45) is 5.33. The van der Waals surface area contributed by atoms with Crippen LogP contribution in [0.2, 0.25) is 10.2 Å². The molecule has 50 heavy (non-hydrogen) atoms. The predicted molar refractivity (Wildman–Crippen MR) is 186 cm³/mol. The van der Waals surface area contributed by atoms with Crippen LogP contribution in [0.4, 0.5) is 5.82 Å². The highest BCUT2D eigenvalue weighted by atomic mass is 35.5. The van der Waals surface area contributed by atoms with Crippen molar-refractivity contribution in [2.45, 2.75) is 24.8 Å². The van der Waals surface area contributed by atoms with Crippen LogP contribution in [0.15, 0.2) is 90.0 Å². The zero-order valence-electron chi connectivity index (χ0n) is 25.8. The minimum Gasteiger partial charge on any atom is -0.340 e. The third kappa shape index (κ3) is 4.15. The molecule has 244 valence electrons. The number of nitrogens with one attached hydrogen (secondary N) is 2. The number of imidazole rings is 1. The number of carbonyl (C=O) groups is 2. The van der Waals surface area contributed by atoms with Crippen LogP contribution in [-0.4, -0.2) is 51.5 Å². The van der Waals surface area contributed by atoms with Gasteiger partial charge in [-0.1, -0.05) is 46.6 Å². The van der Waals surface area contributed by atoms with E-state index >= 15 is 0 Å². The van der Waals surface area contributed by atoms with Crippen molar-refractivity contribution in [2.24, 2.45) is 5.92 Å². The van der Waals surface area contributed by atoms with Crippen LogP contribution >= 0.6 is 23.2 Å². The van der Waals surface area contributed by atoms with Crippen molar-refractivity contribution in [3.8, 4) is 28.1 Å². The van der Waals surface area contributed by atoms with Crippen LogP contribution < -0.4 is 10.5 Å². The maximum atomic E-state index is 14.0. The summed E-state index contributed by atoms with van der Waals surface area (Å²) in [6, 6.07) is 21.3. The van der Waals surface area contributed by atoms with Gasteiger partial charge in [-0.3, -0.25) is 19.5 Å².